The summed E-state index contributed by atoms with van der Waals surface area (Å²) in [6, 6.07) is 14.6. The summed E-state index contributed by atoms with van der Waals surface area (Å²) in [5.74, 6) is 0.655. The first-order valence-corrected chi connectivity index (χ1v) is 7.75. The van der Waals surface area contributed by atoms with Crippen LogP contribution >= 0.6 is 0 Å². The maximum atomic E-state index is 12.9. The second-order valence-electron chi connectivity index (χ2n) is 5.42. The summed E-state index contributed by atoms with van der Waals surface area (Å²) in [6.07, 6.45) is 2.43. The summed E-state index contributed by atoms with van der Waals surface area (Å²) < 4.78 is 11.0. The highest BCUT2D eigenvalue weighted by Gasteiger charge is 2.26. The molecule has 4 rings (SSSR count). The van der Waals surface area contributed by atoms with Crippen molar-refractivity contribution in [3.05, 3.63) is 60.5 Å². The molecule has 1 aliphatic rings. The van der Waals surface area contributed by atoms with E-state index in [0.29, 0.717) is 30.3 Å². The van der Waals surface area contributed by atoms with Gasteiger partial charge in [-0.15, -0.1) is 0 Å². The molecule has 0 atom stereocenters. The number of fused-ring (bicyclic) bond motifs is 1. The van der Waals surface area contributed by atoms with E-state index in [0.717, 1.165) is 12.1 Å². The van der Waals surface area contributed by atoms with Crippen molar-refractivity contribution in [2.75, 3.05) is 18.1 Å². The van der Waals surface area contributed by atoms with Crippen molar-refractivity contribution in [3.8, 4) is 17.1 Å². The Morgan fingerprint density at radius 2 is 1.96 bits per heavy atom. The Bertz CT molecular complexity index is 861. The van der Waals surface area contributed by atoms with Crippen LogP contribution in [0, 0.1) is 0 Å². The van der Waals surface area contributed by atoms with E-state index in [1.165, 1.54) is 0 Å². The van der Waals surface area contributed by atoms with Crippen LogP contribution in [0.5, 0.6) is 5.75 Å². The lowest BCUT2D eigenvalue weighted by atomic mass is 10.2. The number of amides is 1. The molecule has 0 spiro atoms. The summed E-state index contributed by atoms with van der Waals surface area (Å²) in [7, 11) is 0. The van der Waals surface area contributed by atoms with Crippen molar-refractivity contribution >= 4 is 11.6 Å². The van der Waals surface area contributed by atoms with Gasteiger partial charge in [0.05, 0.1) is 18.0 Å². The van der Waals surface area contributed by atoms with Gasteiger partial charge in [0.1, 0.15) is 11.4 Å². The highest BCUT2D eigenvalue weighted by molar-refractivity contribution is 6.05. The van der Waals surface area contributed by atoms with Crippen molar-refractivity contribution in [2.24, 2.45) is 0 Å². The molecule has 3 heterocycles. The lowest BCUT2D eigenvalue weighted by molar-refractivity contribution is 0.0951. The molecule has 0 radical (unpaired) electrons. The zero-order valence-electron chi connectivity index (χ0n) is 12.9. The number of para-hydroxylation sites is 2. The molecule has 0 saturated heterocycles. The van der Waals surface area contributed by atoms with Crippen molar-refractivity contribution < 1.29 is 14.1 Å². The number of nitrogens with zero attached hydrogens (tertiary/aromatic N) is 3. The zero-order chi connectivity index (χ0) is 16.4. The Kier molecular flexibility index (Phi) is 3.70. The number of ether oxygens (including phenoxy) is 1. The van der Waals surface area contributed by atoms with Gasteiger partial charge in [0, 0.05) is 18.8 Å². The average molecular weight is 321 g/mol. The van der Waals surface area contributed by atoms with Crippen LogP contribution in [-0.2, 0) is 0 Å². The molecular formula is C18H15N3O3. The lowest BCUT2D eigenvalue weighted by Crippen LogP contribution is -2.31. The maximum Gasteiger partial charge on any atom is 0.297 e. The van der Waals surface area contributed by atoms with Crippen LogP contribution in [-0.4, -0.2) is 29.2 Å². The first-order valence-electron chi connectivity index (χ1n) is 7.75. The van der Waals surface area contributed by atoms with Crippen LogP contribution in [0.15, 0.2) is 59.3 Å². The fourth-order valence-electron chi connectivity index (χ4n) is 2.68. The van der Waals surface area contributed by atoms with Gasteiger partial charge in [-0.1, -0.05) is 23.4 Å². The number of carbonyl (C=O) groups excluding carboxylic acids is 1. The topological polar surface area (TPSA) is 68.5 Å². The number of hydrogen-bond acceptors (Lipinski definition) is 5. The molecular weight excluding hydrogens is 306 g/mol. The van der Waals surface area contributed by atoms with Gasteiger partial charge >= 0.3 is 0 Å². The molecule has 6 heteroatoms. The molecule has 0 unspecified atom stereocenters. The van der Waals surface area contributed by atoms with Gasteiger partial charge in [0.15, 0.2) is 0 Å². The monoisotopic (exact) mass is 321 g/mol. The van der Waals surface area contributed by atoms with Crippen LogP contribution in [0.25, 0.3) is 11.4 Å². The van der Waals surface area contributed by atoms with Gasteiger partial charge in [-0.05, 0) is 30.7 Å². The molecule has 0 fully saturated rings. The molecule has 1 aliphatic heterocycles. The normalized spacial score (nSPS) is 13.8. The van der Waals surface area contributed by atoms with Crippen LogP contribution in [0.1, 0.15) is 17.0 Å². The van der Waals surface area contributed by atoms with E-state index in [-0.39, 0.29) is 11.7 Å². The van der Waals surface area contributed by atoms with E-state index >= 15 is 0 Å². The van der Waals surface area contributed by atoms with Crippen LogP contribution in [0.3, 0.4) is 0 Å². The lowest BCUT2D eigenvalue weighted by Gasteiger charge is -2.20. The van der Waals surface area contributed by atoms with Gasteiger partial charge in [-0.2, -0.15) is 0 Å². The molecule has 6 nitrogen and oxygen atoms in total. The summed E-state index contributed by atoms with van der Waals surface area (Å²) in [5.41, 5.74) is 1.95. The van der Waals surface area contributed by atoms with E-state index in [9.17, 15) is 4.79 Å². The first-order chi connectivity index (χ1) is 11.8. The number of hydrogen-bond donors (Lipinski definition) is 0. The molecule has 120 valence electrons. The summed E-state index contributed by atoms with van der Waals surface area (Å²) in [5, 5.41) is 3.97. The van der Waals surface area contributed by atoms with Crippen molar-refractivity contribution in [1.82, 2.24) is 10.1 Å². The molecule has 3 aromatic rings. The maximum absolute atomic E-state index is 12.9. The van der Waals surface area contributed by atoms with Gasteiger partial charge in [-0.25, -0.2) is 0 Å². The van der Waals surface area contributed by atoms with Crippen molar-refractivity contribution in [3.63, 3.8) is 0 Å². The highest BCUT2D eigenvalue weighted by atomic mass is 16.5. The third-order valence-corrected chi connectivity index (χ3v) is 3.83. The molecule has 0 saturated carbocycles. The fourth-order valence-corrected chi connectivity index (χ4v) is 2.68. The Morgan fingerprint density at radius 1 is 1.08 bits per heavy atom. The van der Waals surface area contributed by atoms with Gasteiger partial charge in [0.25, 0.3) is 5.91 Å². The third-order valence-electron chi connectivity index (χ3n) is 3.83. The quantitative estimate of drug-likeness (QED) is 0.725. The number of rotatable bonds is 2. The average Bonchev–Trinajstić information content (AvgIpc) is 3.03. The molecule has 2 aromatic heterocycles. The largest absolute Gasteiger partial charge is 0.491 e. The summed E-state index contributed by atoms with van der Waals surface area (Å²) in [4.78, 5) is 18.8. The highest BCUT2D eigenvalue weighted by Crippen LogP contribution is 2.31. The predicted octanol–water partition coefficient (Wildman–Crippen LogP) is 3.17. The SMILES string of the molecule is O=C(c1cc(-c2ccccn2)no1)N1CCCOc2ccccc21. The third kappa shape index (κ3) is 2.62. The van der Waals surface area contributed by atoms with E-state index in [2.05, 4.69) is 10.1 Å². The summed E-state index contributed by atoms with van der Waals surface area (Å²) in [6.45, 7) is 1.14. The molecule has 24 heavy (non-hydrogen) atoms. The second kappa shape index (κ2) is 6.16. The Morgan fingerprint density at radius 3 is 2.83 bits per heavy atom. The number of pyridine rings is 1. The van der Waals surface area contributed by atoms with E-state index < -0.39 is 0 Å². The van der Waals surface area contributed by atoms with Gasteiger partial charge < -0.3 is 14.2 Å². The molecule has 1 amide bonds. The Hall–Kier alpha value is -3.15. The molecule has 0 N–H and O–H groups in total. The van der Waals surface area contributed by atoms with E-state index in [1.807, 2.05) is 42.5 Å². The zero-order valence-corrected chi connectivity index (χ0v) is 12.9. The minimum atomic E-state index is -0.234. The number of carbonyl (C=O) groups is 1. The Balaban J connectivity index is 1.66. The molecule has 0 bridgehead atoms. The minimum absolute atomic E-state index is 0.187. The molecule has 1 aromatic carbocycles. The fraction of sp³-hybridized carbons (Fsp3) is 0.167. The van der Waals surface area contributed by atoms with Crippen molar-refractivity contribution in [1.29, 1.82) is 0 Å². The van der Waals surface area contributed by atoms with E-state index in [1.54, 1.807) is 17.2 Å². The number of anilines is 1. The minimum Gasteiger partial charge on any atom is -0.491 e. The van der Waals surface area contributed by atoms with E-state index in [4.69, 9.17) is 9.26 Å². The first kappa shape index (κ1) is 14.4. The van der Waals surface area contributed by atoms with Crippen LogP contribution in [0.4, 0.5) is 5.69 Å². The summed E-state index contributed by atoms with van der Waals surface area (Å²) >= 11 is 0. The molecule has 0 aliphatic carbocycles. The standard InChI is InChI=1S/C18H15N3O3/c22-18(17-12-14(20-24-17)13-6-3-4-9-19-13)21-10-5-11-23-16-8-2-1-7-15(16)21/h1-4,6-9,12H,5,10-11H2. The van der Waals surface area contributed by atoms with Gasteiger partial charge in [0.2, 0.25) is 5.76 Å². The van der Waals surface area contributed by atoms with Crippen LogP contribution < -0.4 is 9.64 Å². The van der Waals surface area contributed by atoms with Crippen LogP contribution in [0.2, 0.25) is 0 Å². The Labute approximate surface area is 138 Å². The number of aromatic nitrogens is 2. The smallest absolute Gasteiger partial charge is 0.297 e. The van der Waals surface area contributed by atoms with Gasteiger partial charge in [-0.3, -0.25) is 9.78 Å². The predicted molar refractivity (Wildman–Crippen MR) is 88.0 cm³/mol. The van der Waals surface area contributed by atoms with Crippen molar-refractivity contribution in [2.45, 2.75) is 6.42 Å². The second-order valence-corrected chi connectivity index (χ2v) is 5.42. The number of benzene rings is 1.